The number of hydrogen-bond donors (Lipinski definition) is 2. The molecule has 1 aromatic carbocycles. The Morgan fingerprint density at radius 3 is 2.72 bits per heavy atom. The predicted octanol–water partition coefficient (Wildman–Crippen LogP) is 1.95. The van der Waals surface area contributed by atoms with Gasteiger partial charge in [-0.25, -0.2) is 0 Å². The van der Waals surface area contributed by atoms with Crippen molar-refractivity contribution < 1.29 is 14.6 Å². The van der Waals surface area contributed by atoms with E-state index in [-0.39, 0.29) is 6.10 Å². The van der Waals surface area contributed by atoms with Crippen molar-refractivity contribution in [3.63, 3.8) is 0 Å². The summed E-state index contributed by atoms with van der Waals surface area (Å²) < 4.78 is 10.9. The first kappa shape index (κ1) is 14.8. The topological polar surface area (TPSA) is 50.7 Å². The highest BCUT2D eigenvalue weighted by atomic mass is 16.5. The average molecular weight is 253 g/mol. The van der Waals surface area contributed by atoms with E-state index in [4.69, 9.17) is 9.47 Å². The van der Waals surface area contributed by atoms with E-state index in [1.807, 2.05) is 18.2 Å². The Balaban J connectivity index is 2.61. The first-order valence-electron chi connectivity index (χ1n) is 6.35. The van der Waals surface area contributed by atoms with E-state index in [2.05, 4.69) is 12.2 Å². The molecule has 1 rings (SSSR count). The first-order valence-corrected chi connectivity index (χ1v) is 6.35. The van der Waals surface area contributed by atoms with Gasteiger partial charge >= 0.3 is 0 Å². The lowest BCUT2D eigenvalue weighted by atomic mass is 10.2. The Bertz CT molecular complexity index is 353. The number of ether oxygens (including phenoxy) is 2. The molecule has 4 heteroatoms. The quantitative estimate of drug-likeness (QED) is 0.743. The van der Waals surface area contributed by atoms with Gasteiger partial charge in [-0.2, -0.15) is 0 Å². The third-order valence-electron chi connectivity index (χ3n) is 2.60. The van der Waals surface area contributed by atoms with Crippen molar-refractivity contribution in [1.29, 1.82) is 0 Å². The Morgan fingerprint density at radius 2 is 2.11 bits per heavy atom. The fraction of sp³-hybridized carbons (Fsp3) is 0.571. The summed E-state index contributed by atoms with van der Waals surface area (Å²) in [6.07, 6.45) is 0.270. The molecule has 0 aromatic heterocycles. The summed E-state index contributed by atoms with van der Waals surface area (Å²) in [5.41, 5.74) is 1.16. The number of benzene rings is 1. The second-order valence-corrected chi connectivity index (χ2v) is 4.25. The number of hydrogen-bond acceptors (Lipinski definition) is 4. The van der Waals surface area contributed by atoms with Gasteiger partial charge in [-0.05, 0) is 31.2 Å². The molecule has 4 nitrogen and oxygen atoms in total. The molecule has 0 saturated heterocycles. The van der Waals surface area contributed by atoms with Gasteiger partial charge in [0, 0.05) is 13.0 Å². The van der Waals surface area contributed by atoms with E-state index in [1.165, 1.54) is 0 Å². The molecular weight excluding hydrogens is 230 g/mol. The van der Waals surface area contributed by atoms with Crippen molar-refractivity contribution in [2.24, 2.45) is 0 Å². The van der Waals surface area contributed by atoms with Crippen LogP contribution in [0.5, 0.6) is 11.5 Å². The maximum absolute atomic E-state index is 9.18. The summed E-state index contributed by atoms with van der Waals surface area (Å²) in [6, 6.07) is 5.90. The monoisotopic (exact) mass is 253 g/mol. The molecule has 2 N–H and O–H groups in total. The Kier molecular flexibility index (Phi) is 6.54. The molecule has 102 valence electrons. The molecule has 0 aliphatic rings. The first-order chi connectivity index (χ1) is 8.67. The molecule has 0 fully saturated rings. The van der Waals surface area contributed by atoms with E-state index in [0.717, 1.165) is 30.2 Å². The fourth-order valence-corrected chi connectivity index (χ4v) is 1.55. The molecule has 0 radical (unpaired) electrons. The average Bonchev–Trinajstić information content (AvgIpc) is 2.36. The van der Waals surface area contributed by atoms with Gasteiger partial charge in [0.25, 0.3) is 0 Å². The zero-order chi connectivity index (χ0) is 13.4. The summed E-state index contributed by atoms with van der Waals surface area (Å²) >= 11 is 0. The number of nitrogens with one attached hydrogen (secondary N) is 1. The van der Waals surface area contributed by atoms with Crippen LogP contribution >= 0.6 is 0 Å². The smallest absolute Gasteiger partial charge is 0.161 e. The molecule has 1 unspecified atom stereocenters. The fourth-order valence-electron chi connectivity index (χ4n) is 1.55. The molecule has 0 bridgehead atoms. The van der Waals surface area contributed by atoms with Crippen molar-refractivity contribution >= 4 is 0 Å². The van der Waals surface area contributed by atoms with Crippen LogP contribution in [0.25, 0.3) is 0 Å². The van der Waals surface area contributed by atoms with Gasteiger partial charge in [0.1, 0.15) is 0 Å². The van der Waals surface area contributed by atoms with E-state index in [9.17, 15) is 5.11 Å². The highest BCUT2D eigenvalue weighted by Crippen LogP contribution is 2.28. The normalized spacial score (nSPS) is 12.2. The molecule has 1 atom stereocenters. The molecule has 0 aliphatic heterocycles. The Morgan fingerprint density at radius 1 is 1.33 bits per heavy atom. The van der Waals surface area contributed by atoms with Crippen molar-refractivity contribution in [3.8, 4) is 11.5 Å². The van der Waals surface area contributed by atoms with Crippen molar-refractivity contribution in [2.75, 3.05) is 20.3 Å². The van der Waals surface area contributed by atoms with Crippen LogP contribution in [-0.4, -0.2) is 31.5 Å². The van der Waals surface area contributed by atoms with Crippen LogP contribution in [0.4, 0.5) is 0 Å². The summed E-state index contributed by atoms with van der Waals surface area (Å²) in [5.74, 6) is 1.45. The SMILES string of the molecule is CCNCc1ccc(OCCC(C)O)c(OC)c1. The van der Waals surface area contributed by atoms with Gasteiger partial charge in [-0.1, -0.05) is 13.0 Å². The highest BCUT2D eigenvalue weighted by Gasteiger charge is 2.06. The minimum absolute atomic E-state index is 0.343. The van der Waals surface area contributed by atoms with Gasteiger partial charge in [-0.15, -0.1) is 0 Å². The van der Waals surface area contributed by atoms with E-state index in [1.54, 1.807) is 14.0 Å². The summed E-state index contributed by atoms with van der Waals surface area (Å²) in [6.45, 7) is 6.07. The van der Waals surface area contributed by atoms with Gasteiger partial charge < -0.3 is 19.9 Å². The highest BCUT2D eigenvalue weighted by molar-refractivity contribution is 5.42. The molecule has 0 spiro atoms. The molecule has 18 heavy (non-hydrogen) atoms. The van der Waals surface area contributed by atoms with Crippen molar-refractivity contribution in [1.82, 2.24) is 5.32 Å². The van der Waals surface area contributed by atoms with E-state index < -0.39 is 0 Å². The summed E-state index contributed by atoms with van der Waals surface area (Å²) in [5, 5.41) is 12.4. The lowest BCUT2D eigenvalue weighted by Gasteiger charge is -2.13. The Labute approximate surface area is 109 Å². The second-order valence-electron chi connectivity index (χ2n) is 4.25. The van der Waals surface area contributed by atoms with Crippen LogP contribution in [0, 0.1) is 0 Å². The van der Waals surface area contributed by atoms with Gasteiger partial charge in [-0.3, -0.25) is 0 Å². The maximum atomic E-state index is 9.18. The molecular formula is C14H23NO3. The maximum Gasteiger partial charge on any atom is 0.161 e. The van der Waals surface area contributed by atoms with Crippen molar-refractivity contribution in [3.05, 3.63) is 23.8 Å². The van der Waals surface area contributed by atoms with Crippen LogP contribution in [0.15, 0.2) is 18.2 Å². The Hall–Kier alpha value is -1.26. The third-order valence-corrected chi connectivity index (χ3v) is 2.60. The van der Waals surface area contributed by atoms with Crippen LogP contribution in [0.1, 0.15) is 25.8 Å². The molecule has 0 saturated carbocycles. The lowest BCUT2D eigenvalue weighted by molar-refractivity contribution is 0.154. The largest absolute Gasteiger partial charge is 0.493 e. The molecule has 0 aliphatic carbocycles. The van der Waals surface area contributed by atoms with Crippen LogP contribution in [-0.2, 0) is 6.54 Å². The zero-order valence-corrected chi connectivity index (χ0v) is 11.4. The molecule has 1 aromatic rings. The predicted molar refractivity (Wildman–Crippen MR) is 72.2 cm³/mol. The summed E-state index contributed by atoms with van der Waals surface area (Å²) in [4.78, 5) is 0. The minimum Gasteiger partial charge on any atom is -0.493 e. The minimum atomic E-state index is -0.343. The van der Waals surface area contributed by atoms with Crippen LogP contribution in [0.2, 0.25) is 0 Å². The van der Waals surface area contributed by atoms with E-state index >= 15 is 0 Å². The standard InChI is InChI=1S/C14H23NO3/c1-4-15-10-12-5-6-13(14(9-12)17-3)18-8-7-11(2)16/h5-6,9,11,15-16H,4,7-8,10H2,1-3H3. The van der Waals surface area contributed by atoms with Crippen LogP contribution < -0.4 is 14.8 Å². The lowest BCUT2D eigenvalue weighted by Crippen LogP contribution is -2.12. The number of methoxy groups -OCH3 is 1. The van der Waals surface area contributed by atoms with E-state index in [0.29, 0.717) is 13.0 Å². The molecule has 0 amide bonds. The third kappa shape index (κ3) is 4.94. The van der Waals surface area contributed by atoms with Crippen LogP contribution in [0.3, 0.4) is 0 Å². The van der Waals surface area contributed by atoms with Crippen molar-refractivity contribution in [2.45, 2.75) is 32.9 Å². The number of aliphatic hydroxyl groups is 1. The number of aliphatic hydroxyl groups excluding tert-OH is 1. The zero-order valence-electron chi connectivity index (χ0n) is 11.4. The summed E-state index contributed by atoms with van der Waals surface area (Å²) in [7, 11) is 1.63. The molecule has 0 heterocycles. The van der Waals surface area contributed by atoms with Gasteiger partial charge in [0.05, 0.1) is 19.8 Å². The number of rotatable bonds is 8. The van der Waals surface area contributed by atoms with Gasteiger partial charge in [0.2, 0.25) is 0 Å². The van der Waals surface area contributed by atoms with Gasteiger partial charge in [0.15, 0.2) is 11.5 Å². The second kappa shape index (κ2) is 7.95.